The molecule has 0 spiro atoms. The van der Waals surface area contributed by atoms with Crippen LogP contribution in [0.3, 0.4) is 0 Å². The summed E-state index contributed by atoms with van der Waals surface area (Å²) in [5.41, 5.74) is 5.50. The molecule has 1 saturated heterocycles. The Labute approximate surface area is 96.5 Å². The van der Waals surface area contributed by atoms with Crippen molar-refractivity contribution in [3.05, 3.63) is 0 Å². The van der Waals surface area contributed by atoms with Gasteiger partial charge in [0, 0.05) is 6.54 Å². The Bertz CT molecular complexity index is 238. The third-order valence-corrected chi connectivity index (χ3v) is 3.47. The van der Waals surface area contributed by atoms with Gasteiger partial charge in [-0.2, -0.15) is 0 Å². The molecule has 16 heavy (non-hydrogen) atoms. The van der Waals surface area contributed by atoms with Gasteiger partial charge in [-0.25, -0.2) is 4.79 Å². The van der Waals surface area contributed by atoms with Gasteiger partial charge in [0.15, 0.2) is 6.10 Å². The lowest BCUT2D eigenvalue weighted by Crippen LogP contribution is -2.30. The quantitative estimate of drug-likeness (QED) is 0.740. The molecule has 2 fully saturated rings. The van der Waals surface area contributed by atoms with Crippen LogP contribution in [0.4, 0.5) is 0 Å². The minimum atomic E-state index is -0.365. The Kier molecular flexibility index (Phi) is 4.18. The van der Waals surface area contributed by atoms with E-state index in [-0.39, 0.29) is 24.3 Å². The molecule has 0 aromatic rings. The molecule has 92 valence electrons. The van der Waals surface area contributed by atoms with E-state index in [1.54, 1.807) is 0 Å². The van der Waals surface area contributed by atoms with E-state index in [4.69, 9.17) is 15.2 Å². The summed E-state index contributed by atoms with van der Waals surface area (Å²) in [7, 11) is 0. The third-order valence-electron chi connectivity index (χ3n) is 3.47. The normalized spacial score (nSPS) is 31.6. The Morgan fingerprint density at radius 1 is 1.19 bits per heavy atom. The summed E-state index contributed by atoms with van der Waals surface area (Å²) < 4.78 is 11.0. The number of nitrogens with two attached hydrogens (primary N) is 1. The molecule has 0 amide bonds. The fourth-order valence-electron chi connectivity index (χ4n) is 2.48. The van der Waals surface area contributed by atoms with Crippen molar-refractivity contribution in [1.29, 1.82) is 0 Å². The largest absolute Gasteiger partial charge is 0.460 e. The zero-order valence-corrected chi connectivity index (χ0v) is 9.69. The maximum Gasteiger partial charge on any atom is 0.335 e. The Hall–Kier alpha value is -0.610. The fraction of sp³-hybridized carbons (Fsp3) is 0.917. The van der Waals surface area contributed by atoms with Crippen molar-refractivity contribution in [3.8, 4) is 0 Å². The van der Waals surface area contributed by atoms with Gasteiger partial charge in [0.05, 0.1) is 6.10 Å². The van der Waals surface area contributed by atoms with Gasteiger partial charge >= 0.3 is 5.97 Å². The van der Waals surface area contributed by atoms with Crippen molar-refractivity contribution in [2.45, 2.75) is 63.3 Å². The minimum absolute atomic E-state index is 0.0453. The van der Waals surface area contributed by atoms with Gasteiger partial charge in [0.2, 0.25) is 0 Å². The average Bonchev–Trinajstić information content (AvgIpc) is 2.79. The number of carbonyl (C=O) groups excluding carboxylic acids is 1. The number of esters is 1. The minimum Gasteiger partial charge on any atom is -0.460 e. The van der Waals surface area contributed by atoms with Crippen LogP contribution in [-0.4, -0.2) is 30.8 Å². The van der Waals surface area contributed by atoms with E-state index in [1.807, 2.05) is 0 Å². The van der Waals surface area contributed by atoms with Crippen LogP contribution >= 0.6 is 0 Å². The van der Waals surface area contributed by atoms with Crippen molar-refractivity contribution in [3.63, 3.8) is 0 Å². The molecule has 2 atom stereocenters. The molecular formula is C12H21NO3. The molecule has 1 heterocycles. The molecule has 1 aliphatic heterocycles. The van der Waals surface area contributed by atoms with Gasteiger partial charge in [-0.15, -0.1) is 0 Å². The molecule has 0 aromatic carbocycles. The summed E-state index contributed by atoms with van der Waals surface area (Å²) in [6, 6.07) is 0. The maximum absolute atomic E-state index is 11.8. The molecule has 1 aliphatic carbocycles. The van der Waals surface area contributed by atoms with Gasteiger partial charge in [0.1, 0.15) is 6.10 Å². The molecule has 0 radical (unpaired) electrons. The lowest BCUT2D eigenvalue weighted by Gasteiger charge is -2.23. The predicted octanol–water partition coefficient (Wildman–Crippen LogP) is 1.37. The van der Waals surface area contributed by atoms with Crippen LogP contribution in [0.2, 0.25) is 0 Å². The second kappa shape index (κ2) is 5.64. The summed E-state index contributed by atoms with van der Waals surface area (Å²) in [6.45, 7) is 0.493. The van der Waals surface area contributed by atoms with Crippen LogP contribution in [-0.2, 0) is 14.3 Å². The number of ether oxygens (including phenoxy) is 2. The molecule has 4 nitrogen and oxygen atoms in total. The van der Waals surface area contributed by atoms with Crippen LogP contribution in [0.25, 0.3) is 0 Å². The van der Waals surface area contributed by atoms with Crippen LogP contribution in [0.5, 0.6) is 0 Å². The molecule has 0 bridgehead atoms. The molecule has 2 unspecified atom stereocenters. The van der Waals surface area contributed by atoms with E-state index in [0.29, 0.717) is 6.54 Å². The number of hydrogen-bond acceptors (Lipinski definition) is 4. The van der Waals surface area contributed by atoms with Crippen LogP contribution in [0.1, 0.15) is 44.9 Å². The number of carbonyl (C=O) groups is 1. The van der Waals surface area contributed by atoms with Crippen molar-refractivity contribution in [1.82, 2.24) is 0 Å². The molecule has 2 rings (SSSR count). The Morgan fingerprint density at radius 3 is 2.56 bits per heavy atom. The SMILES string of the molecule is NCC1CCC(C(=O)OC2CCCCC2)O1. The van der Waals surface area contributed by atoms with Gasteiger partial charge in [-0.3, -0.25) is 0 Å². The van der Waals surface area contributed by atoms with Gasteiger partial charge in [-0.1, -0.05) is 6.42 Å². The zero-order chi connectivity index (χ0) is 11.4. The van der Waals surface area contributed by atoms with Gasteiger partial charge in [-0.05, 0) is 38.5 Å². The first-order valence-electron chi connectivity index (χ1n) is 6.35. The highest BCUT2D eigenvalue weighted by atomic mass is 16.6. The predicted molar refractivity (Wildman–Crippen MR) is 59.9 cm³/mol. The van der Waals surface area contributed by atoms with Crippen molar-refractivity contribution >= 4 is 5.97 Å². The van der Waals surface area contributed by atoms with Crippen LogP contribution < -0.4 is 5.73 Å². The second-order valence-electron chi connectivity index (χ2n) is 4.76. The first kappa shape index (κ1) is 11.9. The lowest BCUT2D eigenvalue weighted by atomic mass is 9.98. The summed E-state index contributed by atoms with van der Waals surface area (Å²) in [4.78, 5) is 11.8. The highest BCUT2D eigenvalue weighted by Crippen LogP contribution is 2.24. The topological polar surface area (TPSA) is 61.6 Å². The lowest BCUT2D eigenvalue weighted by molar-refractivity contribution is -0.163. The fourth-order valence-corrected chi connectivity index (χ4v) is 2.48. The van der Waals surface area contributed by atoms with Crippen LogP contribution in [0.15, 0.2) is 0 Å². The average molecular weight is 227 g/mol. The Balaban J connectivity index is 1.75. The molecule has 2 N–H and O–H groups in total. The van der Waals surface area contributed by atoms with E-state index in [2.05, 4.69) is 0 Å². The second-order valence-corrected chi connectivity index (χ2v) is 4.76. The van der Waals surface area contributed by atoms with E-state index in [0.717, 1.165) is 25.7 Å². The van der Waals surface area contributed by atoms with E-state index < -0.39 is 0 Å². The summed E-state index contributed by atoms with van der Waals surface area (Å²) >= 11 is 0. The number of rotatable bonds is 3. The molecule has 4 heteroatoms. The summed E-state index contributed by atoms with van der Waals surface area (Å²) in [5, 5.41) is 0. The van der Waals surface area contributed by atoms with E-state index in [1.165, 1.54) is 19.3 Å². The highest BCUT2D eigenvalue weighted by molar-refractivity contribution is 5.75. The van der Waals surface area contributed by atoms with Gasteiger partial charge in [0.25, 0.3) is 0 Å². The van der Waals surface area contributed by atoms with Crippen molar-refractivity contribution in [2.75, 3.05) is 6.54 Å². The molecular weight excluding hydrogens is 206 g/mol. The standard InChI is InChI=1S/C12H21NO3/c13-8-10-6-7-11(15-10)12(14)16-9-4-2-1-3-5-9/h9-11H,1-8,13H2. The van der Waals surface area contributed by atoms with Crippen molar-refractivity contribution in [2.24, 2.45) is 5.73 Å². The molecule has 2 aliphatic rings. The Morgan fingerprint density at radius 2 is 1.94 bits per heavy atom. The van der Waals surface area contributed by atoms with Crippen molar-refractivity contribution < 1.29 is 14.3 Å². The number of hydrogen-bond donors (Lipinski definition) is 1. The molecule has 0 aromatic heterocycles. The maximum atomic E-state index is 11.8. The summed E-state index contributed by atoms with van der Waals surface area (Å²) in [6.07, 6.45) is 7.08. The first-order valence-corrected chi connectivity index (χ1v) is 6.35. The summed E-state index contributed by atoms with van der Waals surface area (Å²) in [5.74, 6) is -0.178. The zero-order valence-electron chi connectivity index (χ0n) is 9.69. The monoisotopic (exact) mass is 227 g/mol. The van der Waals surface area contributed by atoms with Crippen LogP contribution in [0, 0.1) is 0 Å². The first-order chi connectivity index (χ1) is 7.79. The van der Waals surface area contributed by atoms with E-state index in [9.17, 15) is 4.79 Å². The van der Waals surface area contributed by atoms with E-state index >= 15 is 0 Å². The smallest absolute Gasteiger partial charge is 0.335 e. The third kappa shape index (κ3) is 2.95. The molecule has 1 saturated carbocycles. The van der Waals surface area contributed by atoms with Gasteiger partial charge < -0.3 is 15.2 Å². The highest BCUT2D eigenvalue weighted by Gasteiger charge is 2.32.